The van der Waals surface area contributed by atoms with Crippen molar-refractivity contribution in [1.29, 1.82) is 0 Å². The quantitative estimate of drug-likeness (QED) is 0.335. The monoisotopic (exact) mass is 421 g/mol. The van der Waals surface area contributed by atoms with Gasteiger partial charge in [-0.15, -0.1) is 11.6 Å². The third-order valence-electron chi connectivity index (χ3n) is 6.32. The topological polar surface area (TPSA) is 61.5 Å². The maximum Gasteiger partial charge on any atom is 0.309 e. The number of rotatable bonds is 7. The molecule has 3 atom stereocenters. The van der Waals surface area contributed by atoms with Crippen LogP contribution >= 0.6 is 11.6 Å². The van der Waals surface area contributed by atoms with Gasteiger partial charge in [-0.05, 0) is 42.4 Å². The largest absolute Gasteiger partial charge is 0.497 e. The smallest absolute Gasteiger partial charge is 0.309 e. The molecule has 0 aromatic carbocycles. The van der Waals surface area contributed by atoms with E-state index in [1.54, 1.807) is 0 Å². The molecular weight excluding hydrogens is 386 g/mol. The first-order valence-corrected chi connectivity index (χ1v) is 11.2. The number of halogens is 1. The molecule has 162 valence electrons. The summed E-state index contributed by atoms with van der Waals surface area (Å²) in [5.41, 5.74) is 10.4. The first-order valence-electron chi connectivity index (χ1n) is 10.6. The zero-order valence-corrected chi connectivity index (χ0v) is 19.1. The van der Waals surface area contributed by atoms with E-state index in [-0.39, 0.29) is 23.7 Å². The van der Waals surface area contributed by atoms with Gasteiger partial charge in [0.2, 0.25) is 0 Å². The van der Waals surface area contributed by atoms with Crippen LogP contribution in [0.5, 0.6) is 0 Å². The third-order valence-corrected chi connectivity index (χ3v) is 6.60. The lowest BCUT2D eigenvalue weighted by Gasteiger charge is -2.30. The minimum Gasteiger partial charge on any atom is -0.497 e. The average molecular weight is 422 g/mol. The fourth-order valence-corrected chi connectivity index (χ4v) is 4.61. The van der Waals surface area contributed by atoms with Gasteiger partial charge in [-0.2, -0.15) is 0 Å². The lowest BCUT2D eigenvalue weighted by Crippen LogP contribution is -2.31. The molecule has 0 amide bonds. The van der Waals surface area contributed by atoms with E-state index in [1.807, 2.05) is 12.2 Å². The van der Waals surface area contributed by atoms with Gasteiger partial charge in [0.25, 0.3) is 0 Å². The number of nitrogens with two attached hydrogens (primary N) is 1. The molecule has 5 heteroatoms. The Bertz CT molecular complexity index is 705. The number of ether oxygens (including phenoxy) is 2. The lowest BCUT2D eigenvalue weighted by atomic mass is 9.79. The average Bonchev–Trinajstić information content (AvgIpc) is 2.85. The summed E-state index contributed by atoms with van der Waals surface area (Å²) >= 11 is 6.13. The summed E-state index contributed by atoms with van der Waals surface area (Å²) in [6, 6.07) is 0. The van der Waals surface area contributed by atoms with Crippen LogP contribution in [-0.2, 0) is 14.3 Å². The number of methoxy groups -OCH3 is 1. The third kappa shape index (κ3) is 5.91. The number of alkyl halides is 1. The Labute approximate surface area is 180 Å². The Hall–Kier alpha value is -1.68. The molecule has 1 unspecified atom stereocenters. The fourth-order valence-electron chi connectivity index (χ4n) is 4.16. The van der Waals surface area contributed by atoms with Gasteiger partial charge in [-0.1, -0.05) is 51.8 Å². The predicted molar refractivity (Wildman–Crippen MR) is 119 cm³/mol. The zero-order valence-electron chi connectivity index (χ0n) is 18.3. The van der Waals surface area contributed by atoms with Crippen molar-refractivity contribution in [2.24, 2.45) is 29.4 Å². The molecule has 2 rings (SSSR count). The summed E-state index contributed by atoms with van der Waals surface area (Å²) in [5, 5.41) is 0. The molecule has 0 spiro atoms. The van der Waals surface area contributed by atoms with Gasteiger partial charge in [0.1, 0.15) is 5.76 Å². The highest BCUT2D eigenvalue weighted by Crippen LogP contribution is 2.35. The van der Waals surface area contributed by atoms with Crippen LogP contribution in [0.25, 0.3) is 0 Å². The van der Waals surface area contributed by atoms with Gasteiger partial charge in [0.15, 0.2) is 0 Å². The van der Waals surface area contributed by atoms with E-state index < -0.39 is 0 Å². The van der Waals surface area contributed by atoms with E-state index in [0.29, 0.717) is 24.8 Å². The van der Waals surface area contributed by atoms with Crippen molar-refractivity contribution >= 4 is 17.6 Å². The van der Waals surface area contributed by atoms with Crippen molar-refractivity contribution in [3.05, 3.63) is 46.9 Å². The van der Waals surface area contributed by atoms with Crippen LogP contribution in [0.15, 0.2) is 46.9 Å². The SMILES string of the molecule is C=C1CC(/C(N)=C(\CCl)C(C)C)=CC=C(OC[C@H]2CCCC[C@@H]2C(=O)OC)C1C. The molecule has 0 aromatic heterocycles. The normalized spacial score (nSPS) is 26.3. The van der Waals surface area contributed by atoms with Gasteiger partial charge in [0, 0.05) is 23.4 Å². The van der Waals surface area contributed by atoms with E-state index in [2.05, 4.69) is 27.4 Å². The number of carbonyl (C=O) groups is 1. The maximum absolute atomic E-state index is 12.1. The van der Waals surface area contributed by atoms with Crippen molar-refractivity contribution in [3.63, 3.8) is 0 Å². The van der Waals surface area contributed by atoms with Crippen molar-refractivity contribution in [3.8, 4) is 0 Å². The van der Waals surface area contributed by atoms with Gasteiger partial charge in [-0.3, -0.25) is 4.79 Å². The molecule has 1 fully saturated rings. The number of esters is 1. The first kappa shape index (κ1) is 23.6. The summed E-state index contributed by atoms with van der Waals surface area (Å²) in [5.74, 6) is 1.70. The summed E-state index contributed by atoms with van der Waals surface area (Å²) in [6.07, 6.45) is 8.82. The molecule has 4 nitrogen and oxygen atoms in total. The van der Waals surface area contributed by atoms with Crippen molar-refractivity contribution in [1.82, 2.24) is 0 Å². The van der Waals surface area contributed by atoms with E-state index in [9.17, 15) is 4.79 Å². The van der Waals surface area contributed by atoms with E-state index in [0.717, 1.165) is 53.9 Å². The molecule has 2 aliphatic rings. The van der Waals surface area contributed by atoms with E-state index >= 15 is 0 Å². The maximum atomic E-state index is 12.1. The molecule has 2 aliphatic carbocycles. The molecule has 0 heterocycles. The van der Waals surface area contributed by atoms with Crippen molar-refractivity contribution in [2.45, 2.75) is 52.9 Å². The highest BCUT2D eigenvalue weighted by atomic mass is 35.5. The number of hydrogen-bond acceptors (Lipinski definition) is 4. The zero-order chi connectivity index (χ0) is 21.6. The van der Waals surface area contributed by atoms with Gasteiger partial charge >= 0.3 is 5.97 Å². The summed E-state index contributed by atoms with van der Waals surface area (Å²) in [6.45, 7) is 11.1. The summed E-state index contributed by atoms with van der Waals surface area (Å²) in [4.78, 5) is 12.1. The fraction of sp³-hybridized carbons (Fsp3) is 0.625. The predicted octanol–water partition coefficient (Wildman–Crippen LogP) is 5.50. The highest BCUT2D eigenvalue weighted by molar-refractivity contribution is 6.19. The van der Waals surface area contributed by atoms with Crippen LogP contribution in [0.4, 0.5) is 0 Å². The summed E-state index contributed by atoms with van der Waals surface area (Å²) in [7, 11) is 1.46. The van der Waals surface area contributed by atoms with Crippen LogP contribution in [0.2, 0.25) is 0 Å². The van der Waals surface area contributed by atoms with Crippen LogP contribution in [0.1, 0.15) is 52.9 Å². The minimum absolute atomic E-state index is 0.0689. The minimum atomic E-state index is -0.118. The van der Waals surface area contributed by atoms with E-state index in [1.165, 1.54) is 7.11 Å². The van der Waals surface area contributed by atoms with Gasteiger partial charge in [0.05, 0.1) is 19.6 Å². The standard InChI is InChI=1S/C24H36ClNO3/c1-15(2)21(13-25)23(26)18-10-11-22(17(4)16(3)12-18)29-14-19-8-6-7-9-20(19)24(27)28-5/h10-11,15,17,19-20H,3,6-9,12-14,26H2,1-2,4-5H3/b23-21-/t17?,19-,20+/m1/s1. The Morgan fingerprint density at radius 2 is 2.00 bits per heavy atom. The molecule has 1 saturated carbocycles. The second-order valence-corrected chi connectivity index (χ2v) is 8.80. The van der Waals surface area contributed by atoms with Crippen molar-refractivity contribution in [2.75, 3.05) is 19.6 Å². The molecule has 29 heavy (non-hydrogen) atoms. The Kier molecular flexibility index (Phi) is 8.88. The van der Waals surface area contributed by atoms with Crippen LogP contribution in [0.3, 0.4) is 0 Å². The van der Waals surface area contributed by atoms with Crippen molar-refractivity contribution < 1.29 is 14.3 Å². The van der Waals surface area contributed by atoms with Gasteiger partial charge < -0.3 is 15.2 Å². The molecule has 0 saturated heterocycles. The molecule has 2 N–H and O–H groups in total. The Morgan fingerprint density at radius 1 is 1.31 bits per heavy atom. The Morgan fingerprint density at radius 3 is 2.62 bits per heavy atom. The highest BCUT2D eigenvalue weighted by Gasteiger charge is 2.32. The van der Waals surface area contributed by atoms with E-state index in [4.69, 9.17) is 26.8 Å². The molecule has 0 radical (unpaired) electrons. The van der Waals surface area contributed by atoms with Crippen LogP contribution in [-0.4, -0.2) is 25.6 Å². The number of carbonyl (C=O) groups excluding carboxylic acids is 1. The Balaban J connectivity index is 2.18. The molecule has 0 aliphatic heterocycles. The second kappa shape index (κ2) is 10.9. The molecule has 0 bridgehead atoms. The van der Waals surface area contributed by atoms with Gasteiger partial charge in [-0.25, -0.2) is 0 Å². The van der Waals surface area contributed by atoms with Crippen LogP contribution < -0.4 is 5.73 Å². The second-order valence-electron chi connectivity index (χ2n) is 8.53. The first-order chi connectivity index (χ1) is 13.8. The number of allylic oxidation sites excluding steroid dienone is 5. The van der Waals surface area contributed by atoms with Crippen LogP contribution in [0, 0.1) is 23.7 Å². The molecule has 0 aromatic rings. The lowest BCUT2D eigenvalue weighted by molar-refractivity contribution is -0.149. The molecular formula is C24H36ClNO3. The number of hydrogen-bond donors (Lipinski definition) is 1. The summed E-state index contributed by atoms with van der Waals surface area (Å²) < 4.78 is 11.2.